The molecule has 100 valence electrons. The molecule has 0 atom stereocenters. The summed E-state index contributed by atoms with van der Waals surface area (Å²) >= 11 is 1.40. The molecule has 0 bridgehead atoms. The fourth-order valence-corrected chi connectivity index (χ4v) is 2.87. The Balaban J connectivity index is 2.28. The first kappa shape index (κ1) is 13.7. The number of amidine groups is 1. The SMILES string of the molecule is CCN=C1S/C(=C\c2ccc(O)cc2)C(=O)N1CC. The van der Waals surface area contributed by atoms with E-state index in [4.69, 9.17) is 0 Å². The van der Waals surface area contributed by atoms with Crippen LogP contribution >= 0.6 is 11.8 Å². The zero-order chi connectivity index (χ0) is 13.8. The number of aromatic hydroxyl groups is 1. The van der Waals surface area contributed by atoms with Gasteiger partial charge in [0.05, 0.1) is 4.91 Å². The Morgan fingerprint density at radius 1 is 1.32 bits per heavy atom. The Hall–Kier alpha value is -1.75. The Kier molecular flexibility index (Phi) is 4.27. The minimum absolute atomic E-state index is 0.00669. The van der Waals surface area contributed by atoms with E-state index in [0.29, 0.717) is 18.0 Å². The molecular formula is C14H16N2O2S. The molecule has 0 spiro atoms. The van der Waals surface area contributed by atoms with Crippen LogP contribution in [0.2, 0.25) is 0 Å². The van der Waals surface area contributed by atoms with Gasteiger partial charge in [0.1, 0.15) is 5.75 Å². The van der Waals surface area contributed by atoms with Crippen molar-refractivity contribution >= 4 is 28.9 Å². The normalized spacial score (nSPS) is 19.7. The van der Waals surface area contributed by atoms with Crippen molar-refractivity contribution in [2.75, 3.05) is 13.1 Å². The van der Waals surface area contributed by atoms with Crippen molar-refractivity contribution in [2.45, 2.75) is 13.8 Å². The van der Waals surface area contributed by atoms with Crippen molar-refractivity contribution in [1.29, 1.82) is 0 Å². The van der Waals surface area contributed by atoms with Crippen LogP contribution in [0.25, 0.3) is 6.08 Å². The lowest BCUT2D eigenvalue weighted by Gasteiger charge is -2.11. The van der Waals surface area contributed by atoms with Crippen LogP contribution in [0.15, 0.2) is 34.2 Å². The van der Waals surface area contributed by atoms with Gasteiger partial charge in [0, 0.05) is 13.1 Å². The number of likely N-dealkylation sites (N-methyl/N-ethyl adjacent to an activating group) is 1. The molecule has 0 radical (unpaired) electrons. The standard InChI is InChI=1S/C14H16N2O2S/c1-3-15-14-16(4-2)13(18)12(19-14)9-10-5-7-11(17)8-6-10/h5-9,17H,3-4H2,1-2H3/b12-9-,15-14?. The van der Waals surface area contributed by atoms with Crippen LogP contribution in [-0.2, 0) is 4.79 Å². The van der Waals surface area contributed by atoms with E-state index in [-0.39, 0.29) is 11.7 Å². The fourth-order valence-electron chi connectivity index (χ4n) is 1.76. The molecule has 1 fully saturated rings. The average molecular weight is 276 g/mol. The Morgan fingerprint density at radius 3 is 2.58 bits per heavy atom. The Morgan fingerprint density at radius 2 is 2.00 bits per heavy atom. The summed E-state index contributed by atoms with van der Waals surface area (Å²) in [5.74, 6) is 0.212. The summed E-state index contributed by atoms with van der Waals surface area (Å²) in [7, 11) is 0. The topological polar surface area (TPSA) is 52.9 Å². The van der Waals surface area contributed by atoms with Crippen molar-refractivity contribution in [3.8, 4) is 5.75 Å². The number of benzene rings is 1. The number of amides is 1. The third-order valence-electron chi connectivity index (χ3n) is 2.69. The zero-order valence-electron chi connectivity index (χ0n) is 11.0. The lowest BCUT2D eigenvalue weighted by molar-refractivity contribution is -0.122. The zero-order valence-corrected chi connectivity index (χ0v) is 11.8. The lowest BCUT2D eigenvalue weighted by Crippen LogP contribution is -2.28. The minimum atomic E-state index is -0.00669. The quantitative estimate of drug-likeness (QED) is 0.864. The van der Waals surface area contributed by atoms with Crippen molar-refractivity contribution in [3.05, 3.63) is 34.7 Å². The van der Waals surface area contributed by atoms with Gasteiger partial charge < -0.3 is 5.11 Å². The van der Waals surface area contributed by atoms with Crippen molar-refractivity contribution < 1.29 is 9.90 Å². The fraction of sp³-hybridized carbons (Fsp3) is 0.286. The van der Waals surface area contributed by atoms with Crippen LogP contribution in [0.1, 0.15) is 19.4 Å². The van der Waals surface area contributed by atoms with Gasteiger partial charge in [0.15, 0.2) is 5.17 Å². The van der Waals surface area contributed by atoms with E-state index >= 15 is 0 Å². The molecule has 1 saturated heterocycles. The van der Waals surface area contributed by atoms with E-state index in [1.54, 1.807) is 29.2 Å². The molecule has 1 aliphatic rings. The molecule has 2 rings (SSSR count). The summed E-state index contributed by atoms with van der Waals surface area (Å²) in [6.07, 6.45) is 1.83. The molecule has 19 heavy (non-hydrogen) atoms. The monoisotopic (exact) mass is 276 g/mol. The summed E-state index contributed by atoms with van der Waals surface area (Å²) in [6, 6.07) is 6.77. The van der Waals surface area contributed by atoms with E-state index in [9.17, 15) is 9.90 Å². The van der Waals surface area contributed by atoms with Gasteiger partial charge in [-0.15, -0.1) is 0 Å². The van der Waals surface area contributed by atoms with Crippen LogP contribution in [0.3, 0.4) is 0 Å². The number of carbonyl (C=O) groups excluding carboxylic acids is 1. The maximum Gasteiger partial charge on any atom is 0.266 e. The number of nitrogens with zero attached hydrogens (tertiary/aromatic N) is 2. The maximum absolute atomic E-state index is 12.2. The smallest absolute Gasteiger partial charge is 0.266 e. The Bertz CT molecular complexity index is 535. The van der Waals surface area contributed by atoms with Crippen molar-refractivity contribution in [1.82, 2.24) is 4.90 Å². The van der Waals surface area contributed by atoms with Gasteiger partial charge in [-0.2, -0.15) is 0 Å². The van der Waals surface area contributed by atoms with Gasteiger partial charge in [-0.05, 0) is 49.4 Å². The van der Waals surface area contributed by atoms with Gasteiger partial charge in [-0.3, -0.25) is 14.7 Å². The molecule has 0 aliphatic carbocycles. The summed E-state index contributed by atoms with van der Waals surface area (Å²) in [4.78, 5) is 18.9. The molecule has 1 heterocycles. The third-order valence-corrected chi connectivity index (χ3v) is 3.73. The number of rotatable bonds is 3. The molecule has 1 aromatic carbocycles. The highest BCUT2D eigenvalue weighted by atomic mass is 32.2. The van der Waals surface area contributed by atoms with Crippen molar-refractivity contribution in [2.24, 2.45) is 4.99 Å². The maximum atomic E-state index is 12.2. The number of aliphatic imine (C=N–C) groups is 1. The van der Waals surface area contributed by atoms with Crippen LogP contribution in [0, 0.1) is 0 Å². The summed E-state index contributed by atoms with van der Waals surface area (Å²) in [5.41, 5.74) is 0.891. The van der Waals surface area contributed by atoms with Crippen LogP contribution in [0.5, 0.6) is 5.75 Å². The minimum Gasteiger partial charge on any atom is -0.508 e. The molecule has 0 unspecified atom stereocenters. The average Bonchev–Trinajstić information content (AvgIpc) is 2.69. The van der Waals surface area contributed by atoms with E-state index in [2.05, 4.69) is 4.99 Å². The van der Waals surface area contributed by atoms with E-state index in [0.717, 1.165) is 10.7 Å². The first-order valence-electron chi connectivity index (χ1n) is 6.20. The first-order valence-corrected chi connectivity index (χ1v) is 7.02. The van der Waals surface area contributed by atoms with Gasteiger partial charge in [-0.25, -0.2) is 0 Å². The highest BCUT2D eigenvalue weighted by molar-refractivity contribution is 8.18. The van der Waals surface area contributed by atoms with Crippen molar-refractivity contribution in [3.63, 3.8) is 0 Å². The highest BCUT2D eigenvalue weighted by Crippen LogP contribution is 2.32. The molecule has 1 amide bonds. The predicted octanol–water partition coefficient (Wildman–Crippen LogP) is 2.70. The molecule has 1 N–H and O–H groups in total. The molecule has 5 heteroatoms. The highest BCUT2D eigenvalue weighted by Gasteiger charge is 2.31. The van der Waals surface area contributed by atoms with Gasteiger partial charge in [0.25, 0.3) is 5.91 Å². The molecule has 0 aromatic heterocycles. The molecule has 1 aromatic rings. The lowest BCUT2D eigenvalue weighted by atomic mass is 10.2. The molecule has 1 aliphatic heterocycles. The van der Waals surface area contributed by atoms with Crippen LogP contribution < -0.4 is 0 Å². The van der Waals surface area contributed by atoms with E-state index in [1.807, 2.05) is 19.9 Å². The van der Waals surface area contributed by atoms with E-state index in [1.165, 1.54) is 11.8 Å². The molecule has 0 saturated carbocycles. The number of hydrogen-bond acceptors (Lipinski definition) is 4. The number of phenolic OH excluding ortho intramolecular Hbond substituents is 1. The summed E-state index contributed by atoms with van der Waals surface area (Å²) in [5, 5.41) is 10.0. The summed E-state index contributed by atoms with van der Waals surface area (Å²) < 4.78 is 0. The number of thioether (sulfide) groups is 1. The molecule has 4 nitrogen and oxygen atoms in total. The van der Waals surface area contributed by atoms with E-state index < -0.39 is 0 Å². The van der Waals surface area contributed by atoms with Crippen LogP contribution in [0.4, 0.5) is 0 Å². The summed E-state index contributed by atoms with van der Waals surface area (Å²) in [6.45, 7) is 5.18. The predicted molar refractivity (Wildman–Crippen MR) is 79.0 cm³/mol. The second-order valence-electron chi connectivity index (χ2n) is 4.01. The van der Waals surface area contributed by atoms with Gasteiger partial charge in [-0.1, -0.05) is 12.1 Å². The Labute approximate surface area is 116 Å². The first-order chi connectivity index (χ1) is 9.15. The second-order valence-corrected chi connectivity index (χ2v) is 5.02. The largest absolute Gasteiger partial charge is 0.508 e. The number of phenols is 1. The van der Waals surface area contributed by atoms with Gasteiger partial charge in [0.2, 0.25) is 0 Å². The van der Waals surface area contributed by atoms with Crippen LogP contribution in [-0.4, -0.2) is 34.2 Å². The molecular weight excluding hydrogens is 260 g/mol. The number of carbonyl (C=O) groups is 1. The third kappa shape index (κ3) is 2.98. The number of hydrogen-bond donors (Lipinski definition) is 1. The van der Waals surface area contributed by atoms with Gasteiger partial charge >= 0.3 is 0 Å². The second kappa shape index (κ2) is 5.93.